The third kappa shape index (κ3) is 4.73. The Bertz CT molecular complexity index is 661. The summed E-state index contributed by atoms with van der Waals surface area (Å²) >= 11 is 6.13. The maximum Gasteiger partial charge on any atom is 0.387 e. The first kappa shape index (κ1) is 17.4. The third-order valence-electron chi connectivity index (χ3n) is 2.83. The van der Waals surface area contributed by atoms with Gasteiger partial charge < -0.3 is 9.84 Å². The first-order chi connectivity index (χ1) is 10.9. The highest BCUT2D eigenvalue weighted by Gasteiger charge is 2.31. The molecular weight excluding hydrogens is 348 g/mol. The number of carbonyl (C=O) groups is 2. The van der Waals surface area contributed by atoms with Crippen molar-refractivity contribution >= 4 is 46.3 Å². The molecule has 1 fully saturated rings. The van der Waals surface area contributed by atoms with E-state index in [2.05, 4.69) is 4.74 Å². The lowest BCUT2D eigenvalue weighted by molar-refractivity contribution is -0.137. The number of ether oxygens (including phenoxy) is 1. The van der Waals surface area contributed by atoms with Gasteiger partial charge in [-0.2, -0.15) is 8.78 Å². The Balaban J connectivity index is 2.09. The number of carboxylic acid groups (broad SMARTS) is 1. The summed E-state index contributed by atoms with van der Waals surface area (Å²) in [6.07, 6.45) is 1.37. The van der Waals surface area contributed by atoms with Crippen LogP contribution >= 0.6 is 24.0 Å². The fourth-order valence-electron chi connectivity index (χ4n) is 1.80. The lowest BCUT2D eigenvalue weighted by Crippen LogP contribution is -2.30. The monoisotopic (exact) mass is 359 g/mol. The van der Waals surface area contributed by atoms with Gasteiger partial charge >= 0.3 is 12.6 Å². The van der Waals surface area contributed by atoms with Crippen molar-refractivity contribution in [3.05, 3.63) is 34.7 Å². The minimum atomic E-state index is -2.90. The van der Waals surface area contributed by atoms with Crippen LogP contribution in [-0.2, 0) is 9.59 Å². The number of thioether (sulfide) groups is 1. The number of alkyl halides is 2. The fourth-order valence-corrected chi connectivity index (χ4v) is 3.11. The number of nitrogens with zero attached hydrogens (tertiary/aromatic N) is 1. The van der Waals surface area contributed by atoms with Crippen LogP contribution in [0.15, 0.2) is 29.2 Å². The molecule has 122 valence electrons. The van der Waals surface area contributed by atoms with Crippen LogP contribution in [0.5, 0.6) is 5.75 Å². The molecule has 5 nitrogen and oxygen atoms in total. The summed E-state index contributed by atoms with van der Waals surface area (Å²) in [4.78, 5) is 24.3. The van der Waals surface area contributed by atoms with Crippen LogP contribution in [-0.4, -0.2) is 39.4 Å². The summed E-state index contributed by atoms with van der Waals surface area (Å²) in [6, 6.07) is 5.79. The zero-order valence-corrected chi connectivity index (χ0v) is 13.2. The van der Waals surface area contributed by atoms with Crippen molar-refractivity contribution in [2.45, 2.75) is 13.0 Å². The molecule has 1 saturated heterocycles. The van der Waals surface area contributed by atoms with Gasteiger partial charge in [0.05, 0.1) is 11.3 Å². The van der Waals surface area contributed by atoms with E-state index in [1.807, 2.05) is 0 Å². The van der Waals surface area contributed by atoms with Gasteiger partial charge in [-0.1, -0.05) is 36.1 Å². The van der Waals surface area contributed by atoms with Crippen molar-refractivity contribution in [3.63, 3.8) is 0 Å². The zero-order chi connectivity index (χ0) is 17.0. The number of carboxylic acids is 1. The Kier molecular flexibility index (Phi) is 5.67. The van der Waals surface area contributed by atoms with Gasteiger partial charge in [-0.3, -0.25) is 14.5 Å². The second-order valence-corrected chi connectivity index (χ2v) is 6.10. The van der Waals surface area contributed by atoms with E-state index in [-0.39, 0.29) is 24.6 Å². The summed E-state index contributed by atoms with van der Waals surface area (Å²) < 4.78 is 28.7. The number of amides is 1. The predicted octanol–water partition coefficient (Wildman–Crippen LogP) is 2.96. The van der Waals surface area contributed by atoms with Gasteiger partial charge in [0.15, 0.2) is 0 Å². The average molecular weight is 359 g/mol. The molecule has 1 N–H and O–H groups in total. The first-order valence-electron chi connectivity index (χ1n) is 6.39. The normalized spacial score (nSPS) is 16.5. The number of rotatable bonds is 6. The summed E-state index contributed by atoms with van der Waals surface area (Å²) in [5.41, 5.74) is 0.616. The molecule has 0 radical (unpaired) electrons. The van der Waals surface area contributed by atoms with Gasteiger partial charge in [-0.25, -0.2) is 0 Å². The highest BCUT2D eigenvalue weighted by Crippen LogP contribution is 2.32. The quantitative estimate of drug-likeness (QED) is 0.622. The molecule has 23 heavy (non-hydrogen) atoms. The number of thiocarbonyl (C=S) groups is 1. The zero-order valence-electron chi connectivity index (χ0n) is 11.6. The van der Waals surface area contributed by atoms with E-state index in [1.165, 1.54) is 29.2 Å². The third-order valence-corrected chi connectivity index (χ3v) is 4.20. The highest BCUT2D eigenvalue weighted by molar-refractivity contribution is 8.26. The van der Waals surface area contributed by atoms with Crippen LogP contribution in [0.4, 0.5) is 8.78 Å². The van der Waals surface area contributed by atoms with Crippen molar-refractivity contribution in [2.75, 3.05) is 6.54 Å². The Morgan fingerprint density at radius 3 is 2.61 bits per heavy atom. The van der Waals surface area contributed by atoms with E-state index in [1.54, 1.807) is 6.08 Å². The molecule has 0 saturated carbocycles. The van der Waals surface area contributed by atoms with Crippen LogP contribution in [0.3, 0.4) is 0 Å². The number of hydrogen-bond donors (Lipinski definition) is 1. The van der Waals surface area contributed by atoms with Crippen molar-refractivity contribution in [3.8, 4) is 5.75 Å². The molecule has 0 aliphatic carbocycles. The van der Waals surface area contributed by atoms with Gasteiger partial charge in [0.2, 0.25) is 0 Å². The Hall–Kier alpha value is -2.00. The van der Waals surface area contributed by atoms with E-state index in [9.17, 15) is 18.4 Å². The molecule has 9 heteroatoms. The first-order valence-corrected chi connectivity index (χ1v) is 7.61. The summed E-state index contributed by atoms with van der Waals surface area (Å²) in [5, 5.41) is 8.67. The largest absolute Gasteiger partial charge is 0.481 e. The van der Waals surface area contributed by atoms with Crippen LogP contribution in [0, 0.1) is 0 Å². The molecule has 0 spiro atoms. The number of benzene rings is 1. The Morgan fingerprint density at radius 2 is 2.04 bits per heavy atom. The van der Waals surface area contributed by atoms with E-state index in [4.69, 9.17) is 17.3 Å². The Morgan fingerprint density at radius 1 is 1.39 bits per heavy atom. The molecule has 1 aliphatic rings. The predicted molar refractivity (Wildman–Crippen MR) is 85.2 cm³/mol. The van der Waals surface area contributed by atoms with Gasteiger partial charge in [0, 0.05) is 6.54 Å². The van der Waals surface area contributed by atoms with Crippen LogP contribution in [0.1, 0.15) is 12.0 Å². The lowest BCUT2D eigenvalue weighted by atomic mass is 10.2. The van der Waals surface area contributed by atoms with E-state index in [0.717, 1.165) is 11.8 Å². The van der Waals surface area contributed by atoms with Crippen molar-refractivity contribution < 1.29 is 28.2 Å². The minimum Gasteiger partial charge on any atom is -0.481 e. The van der Waals surface area contributed by atoms with Crippen LogP contribution < -0.4 is 4.74 Å². The van der Waals surface area contributed by atoms with Gasteiger partial charge in [-0.15, -0.1) is 0 Å². The molecule has 0 bridgehead atoms. The second-order valence-electron chi connectivity index (χ2n) is 4.42. The smallest absolute Gasteiger partial charge is 0.387 e. The molecule has 1 aliphatic heterocycles. The van der Waals surface area contributed by atoms with E-state index >= 15 is 0 Å². The van der Waals surface area contributed by atoms with Gasteiger partial charge in [0.25, 0.3) is 5.91 Å². The Labute approximate surface area is 139 Å². The average Bonchev–Trinajstić information content (AvgIpc) is 2.73. The molecule has 0 atom stereocenters. The molecule has 1 aromatic rings. The maximum atomic E-state index is 12.2. The van der Waals surface area contributed by atoms with Crippen LogP contribution in [0.25, 0.3) is 6.08 Å². The second kappa shape index (κ2) is 7.51. The van der Waals surface area contributed by atoms with Crippen molar-refractivity contribution in [2.24, 2.45) is 0 Å². The molecule has 0 aromatic heterocycles. The summed E-state index contributed by atoms with van der Waals surface area (Å²) in [5.74, 6) is -1.36. The number of hydrogen-bond acceptors (Lipinski definition) is 5. The molecule has 2 rings (SSSR count). The van der Waals surface area contributed by atoms with Crippen molar-refractivity contribution in [1.82, 2.24) is 4.90 Å². The van der Waals surface area contributed by atoms with Crippen LogP contribution in [0.2, 0.25) is 0 Å². The SMILES string of the molecule is O=C(O)CCN1C(=O)/C(=C\c2ccc(OC(F)F)cc2)SC1=S. The topological polar surface area (TPSA) is 66.8 Å². The molecule has 1 heterocycles. The molecule has 0 unspecified atom stereocenters. The maximum absolute atomic E-state index is 12.2. The summed E-state index contributed by atoms with van der Waals surface area (Å²) in [7, 11) is 0. The molecule has 1 amide bonds. The van der Waals surface area contributed by atoms with E-state index < -0.39 is 12.6 Å². The summed E-state index contributed by atoms with van der Waals surface area (Å²) in [6.45, 7) is -2.88. The molecular formula is C14H11F2NO4S2. The minimum absolute atomic E-state index is 0.0124. The highest BCUT2D eigenvalue weighted by atomic mass is 32.2. The van der Waals surface area contributed by atoms with Gasteiger partial charge in [-0.05, 0) is 23.8 Å². The lowest BCUT2D eigenvalue weighted by Gasteiger charge is -2.12. The number of aliphatic carboxylic acids is 1. The molecule has 1 aromatic carbocycles. The standard InChI is InChI=1S/C14H11F2NO4S2/c15-13(16)21-9-3-1-8(2-4-9)7-10-12(20)17(14(22)23-10)6-5-11(18)19/h1-4,7,13H,5-6H2,(H,18,19)/b10-7+. The van der Waals surface area contributed by atoms with E-state index in [0.29, 0.717) is 14.8 Å². The number of halogens is 2. The number of carbonyl (C=O) groups excluding carboxylic acids is 1. The van der Waals surface area contributed by atoms with Gasteiger partial charge in [0.1, 0.15) is 10.1 Å². The fraction of sp³-hybridized carbons (Fsp3) is 0.214. The van der Waals surface area contributed by atoms with Crippen molar-refractivity contribution in [1.29, 1.82) is 0 Å².